The summed E-state index contributed by atoms with van der Waals surface area (Å²) in [6.07, 6.45) is 1.83. The zero-order chi connectivity index (χ0) is 18.5. The van der Waals surface area contributed by atoms with Crippen LogP contribution in [0.3, 0.4) is 0 Å². The van der Waals surface area contributed by atoms with Gasteiger partial charge in [0.1, 0.15) is 11.3 Å². The van der Waals surface area contributed by atoms with E-state index in [1.807, 2.05) is 24.3 Å². The first-order valence-corrected chi connectivity index (χ1v) is 8.01. The van der Waals surface area contributed by atoms with Crippen molar-refractivity contribution < 1.29 is 24.5 Å². The molecule has 0 aliphatic carbocycles. The summed E-state index contributed by atoms with van der Waals surface area (Å²) in [6.45, 7) is 0.484. The van der Waals surface area contributed by atoms with E-state index in [1.165, 1.54) is 0 Å². The van der Waals surface area contributed by atoms with E-state index < -0.39 is 17.5 Å². The Morgan fingerprint density at radius 1 is 1.00 bits per heavy atom. The van der Waals surface area contributed by atoms with Gasteiger partial charge in [0.2, 0.25) is 0 Å². The van der Waals surface area contributed by atoms with Gasteiger partial charge < -0.3 is 19.9 Å². The molecule has 3 aromatic rings. The number of nitrogens with one attached hydrogen (secondary N) is 1. The minimum atomic E-state index is -1.48. The van der Waals surface area contributed by atoms with Gasteiger partial charge in [0, 0.05) is 17.6 Å². The van der Waals surface area contributed by atoms with E-state index in [2.05, 4.69) is 11.1 Å². The number of aromatic nitrogens is 1. The highest BCUT2D eigenvalue weighted by atomic mass is 16.5. The molecular weight excluding hydrogens is 334 g/mol. The molecule has 26 heavy (non-hydrogen) atoms. The molecule has 0 unspecified atom stereocenters. The lowest BCUT2D eigenvalue weighted by molar-refractivity contribution is -0.140. The average Bonchev–Trinajstić information content (AvgIpc) is 3.03. The summed E-state index contributed by atoms with van der Waals surface area (Å²) in [5.41, 5.74) is 1.97. The number of fused-ring (bicyclic) bond motifs is 1. The van der Waals surface area contributed by atoms with Crippen LogP contribution in [-0.4, -0.2) is 33.7 Å². The molecule has 3 N–H and O–H groups in total. The van der Waals surface area contributed by atoms with Crippen molar-refractivity contribution in [3.63, 3.8) is 0 Å². The third-order valence-corrected chi connectivity index (χ3v) is 3.88. The molecule has 1 aromatic heterocycles. The van der Waals surface area contributed by atoms with Crippen LogP contribution < -0.4 is 4.74 Å². The van der Waals surface area contributed by atoms with E-state index in [0.29, 0.717) is 17.9 Å². The maximum Gasteiger partial charge on any atom is 0.343 e. The first-order valence-electron chi connectivity index (χ1n) is 8.01. The lowest BCUT2D eigenvalue weighted by atomic mass is 10.1. The standard InChI is InChI=1S/C20H17NO5/c22-19(23)17(20(24)25)11-13-5-7-16(8-6-13)26-10-9-15-12-14-3-1-2-4-18(14)21-15/h1-8,11-12,21H,9-10H2,(H,22,23)(H,24,25). The van der Waals surface area contributed by atoms with Crippen LogP contribution in [0.25, 0.3) is 17.0 Å². The van der Waals surface area contributed by atoms with Gasteiger partial charge in [-0.2, -0.15) is 0 Å². The van der Waals surface area contributed by atoms with Crippen molar-refractivity contribution in [1.29, 1.82) is 0 Å². The molecule has 2 aromatic carbocycles. The predicted octanol–water partition coefficient (Wildman–Crippen LogP) is 3.34. The zero-order valence-electron chi connectivity index (χ0n) is 13.8. The molecule has 0 amide bonds. The fourth-order valence-electron chi connectivity index (χ4n) is 2.59. The number of carboxylic acid groups (broad SMARTS) is 2. The number of aromatic amines is 1. The molecule has 6 nitrogen and oxygen atoms in total. The Morgan fingerprint density at radius 3 is 2.35 bits per heavy atom. The molecule has 0 radical (unpaired) electrons. The lowest BCUT2D eigenvalue weighted by Gasteiger charge is -2.06. The van der Waals surface area contributed by atoms with Gasteiger partial charge in [0.05, 0.1) is 6.61 Å². The number of para-hydroxylation sites is 1. The third kappa shape index (κ3) is 4.10. The maximum atomic E-state index is 10.9. The van der Waals surface area contributed by atoms with Crippen LogP contribution in [0.4, 0.5) is 0 Å². The summed E-state index contributed by atoms with van der Waals surface area (Å²) in [4.78, 5) is 25.1. The van der Waals surface area contributed by atoms with Gasteiger partial charge in [-0.3, -0.25) is 0 Å². The highest BCUT2D eigenvalue weighted by molar-refractivity contribution is 6.16. The van der Waals surface area contributed by atoms with Crippen molar-refractivity contribution in [1.82, 2.24) is 4.98 Å². The number of aliphatic carboxylic acids is 2. The monoisotopic (exact) mass is 351 g/mol. The quantitative estimate of drug-likeness (QED) is 0.344. The Hall–Kier alpha value is -3.54. The van der Waals surface area contributed by atoms with Crippen LogP contribution in [0.15, 0.2) is 60.2 Å². The largest absolute Gasteiger partial charge is 0.493 e. The molecule has 0 fully saturated rings. The summed E-state index contributed by atoms with van der Waals surface area (Å²) in [5, 5.41) is 18.9. The second kappa shape index (κ2) is 7.57. The number of carboxylic acids is 2. The summed E-state index contributed by atoms with van der Waals surface area (Å²) >= 11 is 0. The van der Waals surface area contributed by atoms with Gasteiger partial charge in [-0.15, -0.1) is 0 Å². The second-order valence-corrected chi connectivity index (χ2v) is 5.72. The molecule has 0 aliphatic heterocycles. The first kappa shape index (κ1) is 17.3. The first-order chi connectivity index (χ1) is 12.5. The van der Waals surface area contributed by atoms with Crippen molar-refractivity contribution in [2.75, 3.05) is 6.61 Å². The highest BCUT2D eigenvalue weighted by Gasteiger charge is 2.15. The fraction of sp³-hybridized carbons (Fsp3) is 0.100. The Labute approximate surface area is 149 Å². The Kier molecular flexibility index (Phi) is 5.03. The van der Waals surface area contributed by atoms with E-state index in [9.17, 15) is 9.59 Å². The third-order valence-electron chi connectivity index (χ3n) is 3.88. The molecule has 0 saturated carbocycles. The van der Waals surface area contributed by atoms with Gasteiger partial charge in [-0.1, -0.05) is 30.3 Å². The van der Waals surface area contributed by atoms with Gasteiger partial charge in [0.15, 0.2) is 0 Å². The van der Waals surface area contributed by atoms with Crippen LogP contribution in [0.1, 0.15) is 11.3 Å². The van der Waals surface area contributed by atoms with Gasteiger partial charge >= 0.3 is 11.9 Å². The fourth-order valence-corrected chi connectivity index (χ4v) is 2.59. The molecule has 3 rings (SSSR count). The predicted molar refractivity (Wildman–Crippen MR) is 97.2 cm³/mol. The Bertz CT molecular complexity index is 920. The van der Waals surface area contributed by atoms with Crippen molar-refractivity contribution in [2.45, 2.75) is 6.42 Å². The number of hydrogen-bond acceptors (Lipinski definition) is 3. The van der Waals surface area contributed by atoms with Crippen molar-refractivity contribution in [3.05, 3.63) is 71.4 Å². The van der Waals surface area contributed by atoms with Crippen LogP contribution in [-0.2, 0) is 16.0 Å². The zero-order valence-corrected chi connectivity index (χ0v) is 13.8. The second-order valence-electron chi connectivity index (χ2n) is 5.72. The van der Waals surface area contributed by atoms with Gasteiger partial charge in [-0.25, -0.2) is 9.59 Å². The topological polar surface area (TPSA) is 99.6 Å². The summed E-state index contributed by atoms with van der Waals surface area (Å²) < 4.78 is 5.69. The van der Waals surface area contributed by atoms with Gasteiger partial charge in [-0.05, 0) is 41.3 Å². The molecule has 0 bridgehead atoms. The summed E-state index contributed by atoms with van der Waals surface area (Å²) in [6, 6.07) is 16.7. The molecule has 0 saturated heterocycles. The Balaban J connectivity index is 1.60. The SMILES string of the molecule is O=C(O)C(=Cc1ccc(OCCc2cc3ccccc3[nH]2)cc1)C(=O)O. The van der Waals surface area contributed by atoms with Crippen molar-refractivity contribution >= 4 is 28.9 Å². The molecular formula is C20H17NO5. The number of carbonyl (C=O) groups is 2. The normalized spacial score (nSPS) is 10.5. The minimum Gasteiger partial charge on any atom is -0.493 e. The molecule has 0 aliphatic rings. The Morgan fingerprint density at radius 2 is 1.69 bits per heavy atom. The van der Waals surface area contributed by atoms with Crippen LogP contribution in [0.2, 0.25) is 0 Å². The van der Waals surface area contributed by atoms with Crippen LogP contribution in [0, 0.1) is 0 Å². The number of H-pyrrole nitrogens is 1. The number of rotatable bonds is 7. The number of benzene rings is 2. The van der Waals surface area contributed by atoms with E-state index in [-0.39, 0.29) is 0 Å². The van der Waals surface area contributed by atoms with E-state index in [0.717, 1.165) is 29.1 Å². The lowest BCUT2D eigenvalue weighted by Crippen LogP contribution is -2.10. The smallest absolute Gasteiger partial charge is 0.343 e. The average molecular weight is 351 g/mol. The molecule has 0 atom stereocenters. The molecule has 1 heterocycles. The molecule has 132 valence electrons. The number of hydrogen-bond donors (Lipinski definition) is 3. The van der Waals surface area contributed by atoms with E-state index in [1.54, 1.807) is 24.3 Å². The molecule has 0 spiro atoms. The number of ether oxygens (including phenoxy) is 1. The van der Waals surface area contributed by atoms with Crippen LogP contribution in [0.5, 0.6) is 5.75 Å². The van der Waals surface area contributed by atoms with E-state index >= 15 is 0 Å². The minimum absolute atomic E-state index is 0.479. The van der Waals surface area contributed by atoms with Crippen LogP contribution >= 0.6 is 0 Å². The van der Waals surface area contributed by atoms with Crippen molar-refractivity contribution in [2.24, 2.45) is 0 Å². The summed E-state index contributed by atoms with van der Waals surface area (Å²) in [5.74, 6) is -2.32. The summed E-state index contributed by atoms with van der Waals surface area (Å²) in [7, 11) is 0. The highest BCUT2D eigenvalue weighted by Crippen LogP contribution is 2.17. The van der Waals surface area contributed by atoms with Gasteiger partial charge in [0.25, 0.3) is 0 Å². The van der Waals surface area contributed by atoms with E-state index in [4.69, 9.17) is 14.9 Å². The van der Waals surface area contributed by atoms with Crippen molar-refractivity contribution in [3.8, 4) is 5.75 Å². The molecule has 6 heteroatoms. The maximum absolute atomic E-state index is 10.9.